The highest BCUT2D eigenvalue weighted by atomic mass is 16.1. The van der Waals surface area contributed by atoms with Gasteiger partial charge in [0.1, 0.15) is 0 Å². The quantitative estimate of drug-likeness (QED) is 0.931. The topological polar surface area (TPSA) is 50.2 Å². The average molecular weight is 340 g/mol. The van der Waals surface area contributed by atoms with Crippen molar-refractivity contribution in [3.63, 3.8) is 0 Å². The smallest absolute Gasteiger partial charge is 0.253 e. The molecule has 2 aromatic rings. The summed E-state index contributed by atoms with van der Waals surface area (Å²) in [5.74, 6) is 0.942. The van der Waals surface area contributed by atoms with Crippen LogP contribution in [0, 0.1) is 5.92 Å². The second kappa shape index (κ2) is 7.16. The highest BCUT2D eigenvalue weighted by Gasteiger charge is 2.25. The Labute approximate surface area is 149 Å². The largest absolute Gasteiger partial charge is 0.349 e. The van der Waals surface area contributed by atoms with Crippen LogP contribution in [-0.2, 0) is 7.05 Å². The fraction of sp³-hybridized carbons (Fsp3) is 0.600. The molecule has 5 heteroatoms. The summed E-state index contributed by atoms with van der Waals surface area (Å²) in [7, 11) is 1.94. The summed E-state index contributed by atoms with van der Waals surface area (Å²) in [6.07, 6.45) is 9.52. The molecule has 0 unspecified atom stereocenters. The molecule has 0 atom stereocenters. The van der Waals surface area contributed by atoms with Crippen LogP contribution in [-0.4, -0.2) is 46.0 Å². The number of aryl methyl sites for hydroxylation is 1. The van der Waals surface area contributed by atoms with Crippen LogP contribution in [0.5, 0.6) is 0 Å². The molecule has 1 aromatic carbocycles. The average Bonchev–Trinajstić information content (AvgIpc) is 3.27. The molecule has 1 N–H and O–H groups in total. The van der Waals surface area contributed by atoms with E-state index in [4.69, 9.17) is 0 Å². The molecule has 1 saturated carbocycles. The highest BCUT2D eigenvalue weighted by Crippen LogP contribution is 2.26. The third kappa shape index (κ3) is 3.56. The number of para-hydroxylation sites is 1. The Morgan fingerprint density at radius 1 is 1.20 bits per heavy atom. The molecule has 4 rings (SSSR count). The van der Waals surface area contributed by atoms with Crippen LogP contribution in [0.25, 0.3) is 11.0 Å². The number of nitrogens with one attached hydrogen (secondary N) is 1. The van der Waals surface area contributed by atoms with Gasteiger partial charge in [-0.1, -0.05) is 18.9 Å². The van der Waals surface area contributed by atoms with Gasteiger partial charge in [0.05, 0.1) is 22.9 Å². The number of benzene rings is 1. The molecule has 1 saturated heterocycles. The first-order valence-corrected chi connectivity index (χ1v) is 9.64. The molecular formula is C20H28N4O. The molecule has 1 amide bonds. The number of carbonyl (C=O) groups excluding carboxylic acids is 1. The number of fused-ring (bicyclic) bond motifs is 1. The zero-order chi connectivity index (χ0) is 17.2. The zero-order valence-corrected chi connectivity index (χ0v) is 15.1. The molecule has 134 valence electrons. The molecular weight excluding hydrogens is 312 g/mol. The van der Waals surface area contributed by atoms with Gasteiger partial charge in [-0.25, -0.2) is 4.98 Å². The van der Waals surface area contributed by atoms with Crippen molar-refractivity contribution in [2.24, 2.45) is 13.0 Å². The summed E-state index contributed by atoms with van der Waals surface area (Å²) < 4.78 is 1.93. The Morgan fingerprint density at radius 2 is 1.96 bits per heavy atom. The Bertz CT molecular complexity index is 739. The van der Waals surface area contributed by atoms with Gasteiger partial charge in [-0.2, -0.15) is 0 Å². The number of piperidine rings is 1. The van der Waals surface area contributed by atoms with Crippen LogP contribution in [0.2, 0.25) is 0 Å². The van der Waals surface area contributed by atoms with Gasteiger partial charge in [0, 0.05) is 32.7 Å². The van der Waals surface area contributed by atoms with E-state index in [2.05, 4.69) is 15.2 Å². The Balaban J connectivity index is 1.35. The standard InChI is InChI=1S/C20H28N4O/c1-23-14-21-18-8-4-7-17(19(18)23)20(25)22-16-9-11-24(12-10-16)13-15-5-2-3-6-15/h4,7-8,14-16H,2-3,5-6,9-13H2,1H3,(H,22,25). The predicted molar refractivity (Wildman–Crippen MR) is 99.6 cm³/mol. The Morgan fingerprint density at radius 3 is 2.72 bits per heavy atom. The summed E-state index contributed by atoms with van der Waals surface area (Å²) in [5, 5.41) is 3.25. The van der Waals surface area contributed by atoms with E-state index in [1.165, 1.54) is 32.2 Å². The molecule has 2 aliphatic rings. The Hall–Kier alpha value is -1.88. The van der Waals surface area contributed by atoms with Gasteiger partial charge in [0.25, 0.3) is 5.91 Å². The van der Waals surface area contributed by atoms with Crippen LogP contribution in [0.1, 0.15) is 48.9 Å². The minimum absolute atomic E-state index is 0.0310. The fourth-order valence-corrected chi connectivity index (χ4v) is 4.48. The van der Waals surface area contributed by atoms with Crippen molar-refractivity contribution < 1.29 is 4.79 Å². The lowest BCUT2D eigenvalue weighted by atomic mass is 10.0. The van der Waals surface area contributed by atoms with Crippen molar-refractivity contribution in [1.82, 2.24) is 19.8 Å². The fourth-order valence-electron chi connectivity index (χ4n) is 4.48. The van der Waals surface area contributed by atoms with Gasteiger partial charge < -0.3 is 14.8 Å². The van der Waals surface area contributed by atoms with Gasteiger partial charge >= 0.3 is 0 Å². The minimum Gasteiger partial charge on any atom is -0.349 e. The zero-order valence-electron chi connectivity index (χ0n) is 15.1. The number of hydrogen-bond donors (Lipinski definition) is 1. The van der Waals surface area contributed by atoms with Crippen LogP contribution in [0.3, 0.4) is 0 Å². The van der Waals surface area contributed by atoms with Gasteiger partial charge in [0.15, 0.2) is 0 Å². The van der Waals surface area contributed by atoms with Crippen LogP contribution in [0.4, 0.5) is 0 Å². The lowest BCUT2D eigenvalue weighted by molar-refractivity contribution is 0.0907. The monoisotopic (exact) mass is 340 g/mol. The van der Waals surface area contributed by atoms with E-state index in [1.807, 2.05) is 29.8 Å². The van der Waals surface area contributed by atoms with E-state index in [1.54, 1.807) is 6.33 Å². The maximum Gasteiger partial charge on any atom is 0.253 e. The molecule has 1 aliphatic heterocycles. The van der Waals surface area contributed by atoms with E-state index in [0.717, 1.165) is 48.4 Å². The summed E-state index contributed by atoms with van der Waals surface area (Å²) in [6, 6.07) is 6.05. The molecule has 1 aromatic heterocycles. The van der Waals surface area contributed by atoms with Gasteiger partial charge in [0.2, 0.25) is 0 Å². The van der Waals surface area contributed by atoms with E-state index in [0.29, 0.717) is 0 Å². The van der Waals surface area contributed by atoms with Crippen LogP contribution < -0.4 is 5.32 Å². The van der Waals surface area contributed by atoms with E-state index >= 15 is 0 Å². The third-order valence-electron chi connectivity index (χ3n) is 5.90. The Kier molecular flexibility index (Phi) is 4.75. The molecule has 1 aliphatic carbocycles. The third-order valence-corrected chi connectivity index (χ3v) is 5.90. The summed E-state index contributed by atoms with van der Waals surface area (Å²) >= 11 is 0. The molecule has 0 spiro atoms. The molecule has 2 fully saturated rings. The number of imidazole rings is 1. The van der Waals surface area contributed by atoms with Crippen LogP contribution >= 0.6 is 0 Å². The van der Waals surface area contributed by atoms with Crippen molar-refractivity contribution in [2.45, 2.75) is 44.6 Å². The van der Waals surface area contributed by atoms with Gasteiger partial charge in [-0.3, -0.25) is 4.79 Å². The number of likely N-dealkylation sites (tertiary alicyclic amines) is 1. The minimum atomic E-state index is 0.0310. The SMILES string of the molecule is Cn1cnc2cccc(C(=O)NC3CCN(CC4CCCC4)CC3)c21. The van der Waals surface area contributed by atoms with E-state index < -0.39 is 0 Å². The van der Waals surface area contributed by atoms with E-state index in [-0.39, 0.29) is 11.9 Å². The van der Waals surface area contributed by atoms with Crippen molar-refractivity contribution >= 4 is 16.9 Å². The number of aromatic nitrogens is 2. The summed E-state index contributed by atoms with van der Waals surface area (Å²) in [5.41, 5.74) is 2.52. The second-order valence-corrected chi connectivity index (χ2v) is 7.73. The van der Waals surface area contributed by atoms with E-state index in [9.17, 15) is 4.79 Å². The van der Waals surface area contributed by atoms with Crippen molar-refractivity contribution in [3.05, 3.63) is 30.1 Å². The highest BCUT2D eigenvalue weighted by molar-refractivity contribution is 6.05. The first-order valence-electron chi connectivity index (χ1n) is 9.64. The predicted octanol–water partition coefficient (Wildman–Crippen LogP) is 2.96. The maximum absolute atomic E-state index is 12.8. The lowest BCUT2D eigenvalue weighted by Gasteiger charge is -2.33. The maximum atomic E-state index is 12.8. The van der Waals surface area contributed by atoms with Gasteiger partial charge in [-0.05, 0) is 43.7 Å². The molecule has 0 radical (unpaired) electrons. The normalized spacial score (nSPS) is 20.4. The molecule has 0 bridgehead atoms. The number of amides is 1. The van der Waals surface area contributed by atoms with Crippen LogP contribution in [0.15, 0.2) is 24.5 Å². The number of rotatable bonds is 4. The number of hydrogen-bond acceptors (Lipinski definition) is 3. The van der Waals surface area contributed by atoms with Crippen molar-refractivity contribution in [3.8, 4) is 0 Å². The van der Waals surface area contributed by atoms with Gasteiger partial charge in [-0.15, -0.1) is 0 Å². The number of carbonyl (C=O) groups is 1. The second-order valence-electron chi connectivity index (χ2n) is 7.73. The molecule has 5 nitrogen and oxygen atoms in total. The molecule has 25 heavy (non-hydrogen) atoms. The summed E-state index contributed by atoms with van der Waals surface area (Å²) in [6.45, 7) is 3.48. The summed E-state index contributed by atoms with van der Waals surface area (Å²) in [4.78, 5) is 19.7. The molecule has 2 heterocycles. The number of nitrogens with zero attached hydrogens (tertiary/aromatic N) is 3. The van der Waals surface area contributed by atoms with Crippen molar-refractivity contribution in [2.75, 3.05) is 19.6 Å². The first kappa shape index (κ1) is 16.6. The lowest BCUT2D eigenvalue weighted by Crippen LogP contribution is -2.45. The van der Waals surface area contributed by atoms with Crippen molar-refractivity contribution in [1.29, 1.82) is 0 Å². The first-order chi connectivity index (χ1) is 12.2.